The third-order valence-corrected chi connectivity index (χ3v) is 4.76. The number of nitrogens with zero attached hydrogens (tertiary/aromatic N) is 1. The Balaban J connectivity index is 1.80. The number of hydrogen-bond acceptors (Lipinski definition) is 7. The van der Waals surface area contributed by atoms with Gasteiger partial charge in [-0.05, 0) is 48.1 Å². The van der Waals surface area contributed by atoms with E-state index in [-0.39, 0.29) is 32.0 Å². The van der Waals surface area contributed by atoms with Crippen LogP contribution in [0.4, 0.5) is 0 Å². The molecule has 0 unspecified atom stereocenters. The molecule has 2 aromatic carbocycles. The highest BCUT2D eigenvalue weighted by molar-refractivity contribution is 8.26. The number of thioether (sulfide) groups is 1. The van der Waals surface area contributed by atoms with Crippen molar-refractivity contribution in [2.45, 2.75) is 0 Å². The number of carbonyl (C=O) groups excluding carboxylic acids is 2. The van der Waals surface area contributed by atoms with Crippen LogP contribution in [0.1, 0.15) is 15.9 Å². The number of phenolic OH excluding ortho intramolecular Hbond substituents is 3. The lowest BCUT2D eigenvalue weighted by molar-refractivity contribution is -0.123. The Morgan fingerprint density at radius 3 is 2.50 bits per heavy atom. The lowest BCUT2D eigenvalue weighted by atomic mass is 10.2. The molecule has 2 aromatic rings. The molecule has 0 bridgehead atoms. The van der Waals surface area contributed by atoms with Gasteiger partial charge in [0.25, 0.3) is 11.8 Å². The normalized spacial score (nSPS) is 15.5. The summed E-state index contributed by atoms with van der Waals surface area (Å²) in [6.07, 6.45) is 1.48. The van der Waals surface area contributed by atoms with Gasteiger partial charge in [-0.15, -0.1) is 0 Å². The van der Waals surface area contributed by atoms with Crippen LogP contribution in [0.5, 0.6) is 17.2 Å². The fourth-order valence-electron chi connectivity index (χ4n) is 2.17. The van der Waals surface area contributed by atoms with Gasteiger partial charge in [0.1, 0.15) is 5.75 Å². The average Bonchev–Trinajstić information content (AvgIpc) is 2.86. The standard InChI is InChI=1S/C17H12N2O5S2/c20-11-4-2-1-3-10(11)15(23)18-19-16(24)14(26-17(19)25)8-9-5-6-12(21)13(22)7-9/h1-8,20-22H,(H,18,23)/b14-8+. The minimum Gasteiger partial charge on any atom is -0.507 e. The van der Waals surface area contributed by atoms with Crippen molar-refractivity contribution in [2.75, 3.05) is 0 Å². The van der Waals surface area contributed by atoms with Crippen molar-refractivity contribution in [1.29, 1.82) is 0 Å². The van der Waals surface area contributed by atoms with Crippen LogP contribution in [0.2, 0.25) is 0 Å². The second-order valence-electron chi connectivity index (χ2n) is 5.22. The van der Waals surface area contributed by atoms with E-state index in [4.69, 9.17) is 12.2 Å². The summed E-state index contributed by atoms with van der Waals surface area (Å²) in [6.45, 7) is 0. The number of aromatic hydroxyl groups is 3. The maximum atomic E-state index is 12.5. The van der Waals surface area contributed by atoms with E-state index in [2.05, 4.69) is 5.43 Å². The summed E-state index contributed by atoms with van der Waals surface area (Å²) in [7, 11) is 0. The van der Waals surface area contributed by atoms with E-state index in [1.54, 1.807) is 12.1 Å². The smallest absolute Gasteiger partial charge is 0.285 e. The quantitative estimate of drug-likeness (QED) is 0.363. The van der Waals surface area contributed by atoms with E-state index >= 15 is 0 Å². The molecule has 26 heavy (non-hydrogen) atoms. The molecule has 1 heterocycles. The van der Waals surface area contributed by atoms with Crippen molar-refractivity contribution in [2.24, 2.45) is 0 Å². The SMILES string of the molecule is O=C(NN1C(=O)/C(=C\c2ccc(O)c(O)c2)SC1=S)c1ccccc1O. The first-order valence-corrected chi connectivity index (χ1v) is 8.48. The van der Waals surface area contributed by atoms with Gasteiger partial charge in [0.15, 0.2) is 15.8 Å². The van der Waals surface area contributed by atoms with E-state index in [0.717, 1.165) is 16.8 Å². The number of hydrogen-bond donors (Lipinski definition) is 4. The molecule has 0 saturated carbocycles. The van der Waals surface area contributed by atoms with Crippen LogP contribution in [0.3, 0.4) is 0 Å². The van der Waals surface area contributed by atoms with Crippen LogP contribution in [-0.4, -0.2) is 36.5 Å². The second-order valence-corrected chi connectivity index (χ2v) is 6.90. The summed E-state index contributed by atoms with van der Waals surface area (Å²) in [5.74, 6) is -2.03. The molecule has 1 fully saturated rings. The molecular formula is C17H12N2O5S2. The average molecular weight is 388 g/mol. The van der Waals surface area contributed by atoms with Crippen LogP contribution in [-0.2, 0) is 4.79 Å². The van der Waals surface area contributed by atoms with Crippen molar-refractivity contribution in [3.05, 3.63) is 58.5 Å². The Labute approximate surface area is 157 Å². The maximum absolute atomic E-state index is 12.5. The molecule has 2 amide bonds. The Morgan fingerprint density at radius 1 is 1.08 bits per heavy atom. The molecule has 4 N–H and O–H groups in total. The predicted molar refractivity (Wildman–Crippen MR) is 100 cm³/mol. The topological polar surface area (TPSA) is 110 Å². The number of benzene rings is 2. The highest BCUT2D eigenvalue weighted by Crippen LogP contribution is 2.33. The van der Waals surface area contributed by atoms with Crippen LogP contribution in [0, 0.1) is 0 Å². The lowest BCUT2D eigenvalue weighted by Gasteiger charge is -2.16. The fraction of sp³-hybridized carbons (Fsp3) is 0. The van der Waals surface area contributed by atoms with Gasteiger partial charge >= 0.3 is 0 Å². The molecule has 1 aliphatic heterocycles. The summed E-state index contributed by atoms with van der Waals surface area (Å²) >= 11 is 6.09. The summed E-state index contributed by atoms with van der Waals surface area (Å²) in [4.78, 5) is 25.0. The van der Waals surface area contributed by atoms with Gasteiger partial charge in [0, 0.05) is 0 Å². The highest BCUT2D eigenvalue weighted by Gasteiger charge is 2.34. The Kier molecular flexibility index (Phi) is 4.83. The second kappa shape index (κ2) is 7.06. The number of carbonyl (C=O) groups is 2. The van der Waals surface area contributed by atoms with Crippen molar-refractivity contribution < 1.29 is 24.9 Å². The Bertz CT molecular complexity index is 958. The molecule has 7 nitrogen and oxygen atoms in total. The number of hydrazine groups is 1. The van der Waals surface area contributed by atoms with Crippen molar-refractivity contribution in [3.8, 4) is 17.2 Å². The van der Waals surface area contributed by atoms with Gasteiger partial charge in [-0.3, -0.25) is 15.0 Å². The zero-order valence-corrected chi connectivity index (χ0v) is 14.7. The van der Waals surface area contributed by atoms with E-state index < -0.39 is 11.8 Å². The van der Waals surface area contributed by atoms with Gasteiger partial charge < -0.3 is 15.3 Å². The van der Waals surface area contributed by atoms with Crippen molar-refractivity contribution >= 4 is 46.2 Å². The number of para-hydroxylation sites is 1. The summed E-state index contributed by atoms with van der Waals surface area (Å²) < 4.78 is 0.119. The molecule has 0 aromatic heterocycles. The highest BCUT2D eigenvalue weighted by atomic mass is 32.2. The number of thiocarbonyl (C=S) groups is 1. The van der Waals surface area contributed by atoms with Gasteiger partial charge in [-0.1, -0.05) is 30.0 Å². The summed E-state index contributed by atoms with van der Waals surface area (Å²) in [5.41, 5.74) is 2.85. The van der Waals surface area contributed by atoms with Crippen LogP contribution >= 0.6 is 24.0 Å². The first-order valence-electron chi connectivity index (χ1n) is 7.25. The molecular weight excluding hydrogens is 376 g/mol. The summed E-state index contributed by atoms with van der Waals surface area (Å²) in [6, 6.07) is 10.0. The Morgan fingerprint density at radius 2 is 1.81 bits per heavy atom. The zero-order valence-electron chi connectivity index (χ0n) is 13.0. The fourth-order valence-corrected chi connectivity index (χ4v) is 3.35. The van der Waals surface area contributed by atoms with Gasteiger partial charge in [-0.25, -0.2) is 0 Å². The third kappa shape index (κ3) is 3.48. The molecule has 3 rings (SSSR count). The van der Waals surface area contributed by atoms with E-state index in [1.807, 2.05) is 0 Å². The van der Waals surface area contributed by atoms with E-state index in [0.29, 0.717) is 5.56 Å². The molecule has 9 heteroatoms. The summed E-state index contributed by atoms with van der Waals surface area (Å²) in [5, 5.41) is 29.5. The van der Waals surface area contributed by atoms with E-state index in [9.17, 15) is 24.9 Å². The number of phenols is 3. The van der Waals surface area contributed by atoms with Gasteiger partial charge in [-0.2, -0.15) is 5.01 Å². The monoisotopic (exact) mass is 388 g/mol. The van der Waals surface area contributed by atoms with E-state index in [1.165, 1.54) is 36.4 Å². The minimum atomic E-state index is -0.678. The molecule has 0 radical (unpaired) electrons. The first-order chi connectivity index (χ1) is 12.4. The number of amides is 2. The molecule has 1 saturated heterocycles. The first kappa shape index (κ1) is 17.8. The van der Waals surface area contributed by atoms with Crippen molar-refractivity contribution in [3.63, 3.8) is 0 Å². The van der Waals surface area contributed by atoms with Crippen LogP contribution in [0.25, 0.3) is 6.08 Å². The molecule has 132 valence electrons. The maximum Gasteiger partial charge on any atom is 0.285 e. The molecule has 1 aliphatic rings. The molecule has 0 aliphatic carbocycles. The van der Waals surface area contributed by atoms with Crippen LogP contribution in [0.15, 0.2) is 47.4 Å². The number of rotatable bonds is 3. The predicted octanol–water partition coefficient (Wildman–Crippen LogP) is 2.35. The molecule has 0 atom stereocenters. The third-order valence-electron chi connectivity index (χ3n) is 3.45. The minimum absolute atomic E-state index is 0.00832. The molecule has 0 spiro atoms. The lowest BCUT2D eigenvalue weighted by Crippen LogP contribution is -2.44. The van der Waals surface area contributed by atoms with Crippen molar-refractivity contribution in [1.82, 2.24) is 10.4 Å². The number of nitrogens with one attached hydrogen (secondary N) is 1. The largest absolute Gasteiger partial charge is 0.507 e. The zero-order chi connectivity index (χ0) is 18.8. The van der Waals surface area contributed by atoms with Gasteiger partial charge in [0.2, 0.25) is 0 Å². The van der Waals surface area contributed by atoms with Gasteiger partial charge in [0.05, 0.1) is 10.5 Å². The Hall–Kier alpha value is -3.04. The van der Waals surface area contributed by atoms with Crippen LogP contribution < -0.4 is 5.43 Å².